The van der Waals surface area contributed by atoms with Gasteiger partial charge in [0, 0.05) is 25.1 Å². The van der Waals surface area contributed by atoms with Crippen LogP contribution in [0.3, 0.4) is 0 Å². The first-order chi connectivity index (χ1) is 15.4. The fourth-order valence-electron chi connectivity index (χ4n) is 4.58. The lowest BCUT2D eigenvalue weighted by molar-refractivity contribution is 0.0557. The average molecular weight is 514 g/mol. The highest BCUT2D eigenvalue weighted by atomic mass is 35.5. The lowest BCUT2D eigenvalue weighted by Gasteiger charge is -2.35. The molecule has 2 aromatic rings. The van der Waals surface area contributed by atoms with Crippen LogP contribution in [-0.2, 0) is 0 Å². The van der Waals surface area contributed by atoms with Crippen LogP contribution in [0.1, 0.15) is 54.4 Å². The van der Waals surface area contributed by atoms with Crippen LogP contribution in [-0.4, -0.2) is 60.1 Å². The van der Waals surface area contributed by atoms with Gasteiger partial charge >= 0.3 is 0 Å². The SMILES string of the molecule is CCC(O)C1CCN(CCC(CN(C)C(=O)c2ccccc2)c2ccc(Cl)c(Cl)c2)CC1.Cl. The molecule has 4 nitrogen and oxygen atoms in total. The van der Waals surface area contributed by atoms with Crippen LogP contribution in [0, 0.1) is 5.92 Å². The summed E-state index contributed by atoms with van der Waals surface area (Å²) in [5, 5.41) is 11.2. The van der Waals surface area contributed by atoms with Gasteiger partial charge in [0.2, 0.25) is 0 Å². The second-order valence-electron chi connectivity index (χ2n) is 8.87. The molecule has 1 fully saturated rings. The monoisotopic (exact) mass is 512 g/mol. The molecule has 0 radical (unpaired) electrons. The van der Waals surface area contributed by atoms with E-state index in [-0.39, 0.29) is 30.3 Å². The number of piperidine rings is 1. The van der Waals surface area contributed by atoms with Crippen LogP contribution in [0.15, 0.2) is 48.5 Å². The quantitative estimate of drug-likeness (QED) is 0.438. The number of benzene rings is 2. The van der Waals surface area contributed by atoms with Crippen LogP contribution in [0.5, 0.6) is 0 Å². The van der Waals surface area contributed by atoms with Gasteiger partial charge in [-0.3, -0.25) is 4.79 Å². The van der Waals surface area contributed by atoms with Gasteiger partial charge in [0.05, 0.1) is 16.1 Å². The Balaban J connectivity index is 0.00000385. The minimum atomic E-state index is -0.182. The van der Waals surface area contributed by atoms with Crippen LogP contribution >= 0.6 is 35.6 Å². The number of likely N-dealkylation sites (tertiary alicyclic amines) is 1. The molecule has 2 atom stereocenters. The predicted octanol–water partition coefficient (Wildman–Crippen LogP) is 6.14. The summed E-state index contributed by atoms with van der Waals surface area (Å²) in [4.78, 5) is 17.2. The standard InChI is InChI=1S/C26H34Cl2N2O2.ClH/c1-3-25(31)19-11-14-30(15-12-19)16-13-22(21-9-10-23(27)24(28)17-21)18-29(2)26(32)20-7-5-4-6-8-20;/h4-10,17,19,22,25,31H,3,11-16,18H2,1-2H3;1H. The van der Waals surface area contributed by atoms with E-state index < -0.39 is 0 Å². The van der Waals surface area contributed by atoms with Gasteiger partial charge in [0.25, 0.3) is 5.91 Å². The van der Waals surface area contributed by atoms with E-state index in [2.05, 4.69) is 4.90 Å². The number of nitrogens with zero attached hydrogens (tertiary/aromatic N) is 2. The molecule has 1 aliphatic rings. The fraction of sp³-hybridized carbons (Fsp3) is 0.500. The van der Waals surface area contributed by atoms with E-state index >= 15 is 0 Å². The number of aliphatic hydroxyl groups excluding tert-OH is 1. The molecule has 0 aliphatic carbocycles. The molecule has 182 valence electrons. The highest BCUT2D eigenvalue weighted by molar-refractivity contribution is 6.42. The molecular weight excluding hydrogens is 479 g/mol. The molecule has 0 saturated carbocycles. The number of hydrogen-bond acceptors (Lipinski definition) is 3. The molecule has 0 bridgehead atoms. The Morgan fingerprint density at radius 3 is 2.39 bits per heavy atom. The third-order valence-corrected chi connectivity index (χ3v) is 7.40. The number of halogens is 3. The van der Waals surface area contributed by atoms with Crippen molar-refractivity contribution in [2.75, 3.05) is 33.2 Å². The van der Waals surface area contributed by atoms with Gasteiger partial charge in [-0.05, 0) is 81.1 Å². The maximum atomic E-state index is 12.9. The maximum Gasteiger partial charge on any atom is 0.253 e. The highest BCUT2D eigenvalue weighted by Crippen LogP contribution is 2.30. The Kier molecular flexibility index (Phi) is 11.5. The van der Waals surface area contributed by atoms with Gasteiger partial charge in [-0.2, -0.15) is 0 Å². The third-order valence-electron chi connectivity index (χ3n) is 6.67. The number of amides is 1. The second kappa shape index (κ2) is 13.6. The molecule has 0 aromatic heterocycles. The van der Waals surface area contributed by atoms with Crippen molar-refractivity contribution in [1.29, 1.82) is 0 Å². The maximum absolute atomic E-state index is 12.9. The largest absolute Gasteiger partial charge is 0.393 e. The van der Waals surface area contributed by atoms with Crippen molar-refractivity contribution in [3.8, 4) is 0 Å². The number of aliphatic hydroxyl groups is 1. The molecule has 1 aliphatic heterocycles. The number of rotatable bonds is 9. The normalized spacial score (nSPS) is 16.6. The van der Waals surface area contributed by atoms with Crippen molar-refractivity contribution < 1.29 is 9.90 Å². The average Bonchev–Trinajstić information content (AvgIpc) is 2.83. The Morgan fingerprint density at radius 2 is 1.79 bits per heavy atom. The Hall–Kier alpha value is -1.30. The zero-order valence-electron chi connectivity index (χ0n) is 19.4. The summed E-state index contributed by atoms with van der Waals surface area (Å²) >= 11 is 12.5. The van der Waals surface area contributed by atoms with Gasteiger partial charge in [0.15, 0.2) is 0 Å². The topological polar surface area (TPSA) is 43.8 Å². The number of carbonyl (C=O) groups is 1. The van der Waals surface area contributed by atoms with Gasteiger partial charge in [-0.15, -0.1) is 12.4 Å². The minimum Gasteiger partial charge on any atom is -0.393 e. The summed E-state index contributed by atoms with van der Waals surface area (Å²) in [7, 11) is 1.86. The van der Waals surface area contributed by atoms with Gasteiger partial charge in [0.1, 0.15) is 0 Å². The number of carbonyl (C=O) groups excluding carboxylic acids is 1. The van der Waals surface area contributed by atoms with Crippen molar-refractivity contribution in [1.82, 2.24) is 9.80 Å². The van der Waals surface area contributed by atoms with E-state index in [1.807, 2.05) is 62.5 Å². The summed E-state index contributed by atoms with van der Waals surface area (Å²) in [5.41, 5.74) is 1.79. The van der Waals surface area contributed by atoms with E-state index in [1.165, 1.54) is 0 Å². The van der Waals surface area contributed by atoms with Crippen LogP contribution < -0.4 is 0 Å². The first-order valence-electron chi connectivity index (χ1n) is 11.5. The Labute approximate surface area is 214 Å². The molecule has 0 spiro atoms. The summed E-state index contributed by atoms with van der Waals surface area (Å²) in [6.45, 7) is 5.62. The molecule has 1 saturated heterocycles. The molecule has 1 N–H and O–H groups in total. The van der Waals surface area contributed by atoms with Gasteiger partial charge in [-0.25, -0.2) is 0 Å². The van der Waals surface area contributed by atoms with E-state index in [0.717, 1.165) is 50.9 Å². The molecule has 7 heteroatoms. The predicted molar refractivity (Wildman–Crippen MR) is 140 cm³/mol. The Bertz CT molecular complexity index is 873. The minimum absolute atomic E-state index is 0. The summed E-state index contributed by atoms with van der Waals surface area (Å²) in [6.07, 6.45) is 3.65. The van der Waals surface area contributed by atoms with Crippen LogP contribution in [0.4, 0.5) is 0 Å². The molecule has 2 aromatic carbocycles. The van der Waals surface area contributed by atoms with E-state index in [4.69, 9.17) is 23.2 Å². The van der Waals surface area contributed by atoms with Crippen molar-refractivity contribution in [2.24, 2.45) is 5.92 Å². The molecule has 3 rings (SSSR count). The lowest BCUT2D eigenvalue weighted by atomic mass is 9.89. The molecular formula is C26H35Cl3N2O2. The zero-order valence-corrected chi connectivity index (χ0v) is 21.8. The second-order valence-corrected chi connectivity index (χ2v) is 9.68. The number of hydrogen-bond donors (Lipinski definition) is 1. The van der Waals surface area contributed by atoms with Crippen molar-refractivity contribution in [2.45, 2.75) is 44.6 Å². The van der Waals surface area contributed by atoms with E-state index in [0.29, 0.717) is 28.1 Å². The highest BCUT2D eigenvalue weighted by Gasteiger charge is 2.25. The van der Waals surface area contributed by atoms with Crippen molar-refractivity contribution >= 4 is 41.5 Å². The van der Waals surface area contributed by atoms with E-state index in [1.54, 1.807) is 4.90 Å². The zero-order chi connectivity index (χ0) is 23.1. The Morgan fingerprint density at radius 1 is 1.12 bits per heavy atom. The molecule has 2 unspecified atom stereocenters. The smallest absolute Gasteiger partial charge is 0.253 e. The van der Waals surface area contributed by atoms with E-state index in [9.17, 15) is 9.90 Å². The third kappa shape index (κ3) is 7.87. The number of likely N-dealkylation sites (N-methyl/N-ethyl adjacent to an activating group) is 1. The fourth-order valence-corrected chi connectivity index (χ4v) is 4.88. The van der Waals surface area contributed by atoms with Crippen molar-refractivity contribution in [3.05, 3.63) is 69.7 Å². The molecule has 1 amide bonds. The summed E-state index contributed by atoms with van der Waals surface area (Å²) in [6, 6.07) is 15.2. The first kappa shape index (κ1) is 27.9. The molecule has 33 heavy (non-hydrogen) atoms. The van der Waals surface area contributed by atoms with Crippen LogP contribution in [0.2, 0.25) is 10.0 Å². The van der Waals surface area contributed by atoms with Crippen molar-refractivity contribution in [3.63, 3.8) is 0 Å². The van der Waals surface area contributed by atoms with Crippen LogP contribution in [0.25, 0.3) is 0 Å². The van der Waals surface area contributed by atoms with Gasteiger partial charge < -0.3 is 14.9 Å². The van der Waals surface area contributed by atoms with Gasteiger partial charge in [-0.1, -0.05) is 54.4 Å². The first-order valence-corrected chi connectivity index (χ1v) is 12.3. The molecule has 1 heterocycles. The summed E-state index contributed by atoms with van der Waals surface area (Å²) < 4.78 is 0. The lowest BCUT2D eigenvalue weighted by Crippen LogP contribution is -2.39. The summed E-state index contributed by atoms with van der Waals surface area (Å²) in [5.74, 6) is 0.586.